The Kier molecular flexibility index (Phi) is 6.95. The monoisotopic (exact) mass is 281 g/mol. The molecule has 0 saturated carbocycles. The van der Waals surface area contributed by atoms with Gasteiger partial charge in [-0.25, -0.2) is 0 Å². The molecular weight excluding hydrogens is 258 g/mol. The topological polar surface area (TPSA) is 29.5 Å². The lowest BCUT2D eigenvalue weighted by Crippen LogP contribution is -2.35. The zero-order valence-electron chi connectivity index (χ0n) is 12.2. The highest BCUT2D eigenvalue weighted by Crippen LogP contribution is 2.16. The highest BCUT2D eigenvalue weighted by atomic mass is 32.2. The van der Waals surface area contributed by atoms with Crippen LogP contribution in [0, 0.1) is 0 Å². The van der Waals surface area contributed by atoms with E-state index in [9.17, 15) is 4.79 Å². The minimum Gasteiger partial charge on any atom is -0.465 e. The van der Waals surface area contributed by atoms with Crippen LogP contribution in [-0.4, -0.2) is 36.3 Å². The van der Waals surface area contributed by atoms with Gasteiger partial charge in [0.2, 0.25) is 0 Å². The quantitative estimate of drug-likeness (QED) is 0.567. The summed E-state index contributed by atoms with van der Waals surface area (Å²) in [5.74, 6) is -0.156. The number of hydrogen-bond donors (Lipinski definition) is 0. The SMILES string of the molecule is CCOC(=O)CN(Cc1ccc(SC)cc1)C(C)C. The number of nitrogens with zero attached hydrogens (tertiary/aromatic N) is 1. The van der Waals surface area contributed by atoms with E-state index >= 15 is 0 Å². The van der Waals surface area contributed by atoms with E-state index in [1.807, 2.05) is 6.92 Å². The maximum Gasteiger partial charge on any atom is 0.320 e. The summed E-state index contributed by atoms with van der Waals surface area (Å²) in [4.78, 5) is 15.0. The van der Waals surface area contributed by atoms with Crippen molar-refractivity contribution in [3.8, 4) is 0 Å². The van der Waals surface area contributed by atoms with Crippen LogP contribution in [-0.2, 0) is 16.1 Å². The molecule has 106 valence electrons. The van der Waals surface area contributed by atoms with Crippen LogP contribution in [0.1, 0.15) is 26.3 Å². The average Bonchev–Trinajstić information content (AvgIpc) is 2.39. The van der Waals surface area contributed by atoms with Crippen LogP contribution in [0.25, 0.3) is 0 Å². The predicted octanol–water partition coefficient (Wildman–Crippen LogP) is 3.18. The van der Waals surface area contributed by atoms with Crippen molar-refractivity contribution in [1.29, 1.82) is 0 Å². The van der Waals surface area contributed by atoms with Gasteiger partial charge in [-0.1, -0.05) is 12.1 Å². The molecular formula is C15H23NO2S. The van der Waals surface area contributed by atoms with Crippen LogP contribution in [0.15, 0.2) is 29.2 Å². The van der Waals surface area contributed by atoms with Gasteiger partial charge in [0.15, 0.2) is 0 Å². The van der Waals surface area contributed by atoms with E-state index in [2.05, 4.69) is 49.3 Å². The van der Waals surface area contributed by atoms with Gasteiger partial charge in [0.05, 0.1) is 13.2 Å². The van der Waals surface area contributed by atoms with Crippen LogP contribution >= 0.6 is 11.8 Å². The summed E-state index contributed by atoms with van der Waals surface area (Å²) in [6, 6.07) is 8.77. The molecule has 0 unspecified atom stereocenters. The fourth-order valence-corrected chi connectivity index (χ4v) is 2.17. The Hall–Kier alpha value is -1.00. The third kappa shape index (κ3) is 5.66. The first-order chi connectivity index (χ1) is 9.06. The van der Waals surface area contributed by atoms with Crippen molar-refractivity contribution in [3.05, 3.63) is 29.8 Å². The molecule has 1 aromatic carbocycles. The van der Waals surface area contributed by atoms with Gasteiger partial charge in [0.25, 0.3) is 0 Å². The van der Waals surface area contributed by atoms with E-state index < -0.39 is 0 Å². The third-order valence-electron chi connectivity index (χ3n) is 2.91. The van der Waals surface area contributed by atoms with Crippen LogP contribution in [0.4, 0.5) is 0 Å². The summed E-state index contributed by atoms with van der Waals surface area (Å²) in [5.41, 5.74) is 1.22. The highest BCUT2D eigenvalue weighted by molar-refractivity contribution is 7.98. The molecule has 0 spiro atoms. The number of rotatable bonds is 7. The molecule has 0 radical (unpaired) electrons. The molecule has 3 nitrogen and oxygen atoms in total. The summed E-state index contributed by atoms with van der Waals surface area (Å²) < 4.78 is 5.01. The Morgan fingerprint density at radius 1 is 1.32 bits per heavy atom. The van der Waals surface area contributed by atoms with E-state index in [-0.39, 0.29) is 5.97 Å². The smallest absolute Gasteiger partial charge is 0.320 e. The van der Waals surface area contributed by atoms with Gasteiger partial charge in [-0.2, -0.15) is 0 Å². The van der Waals surface area contributed by atoms with E-state index in [0.717, 1.165) is 6.54 Å². The minimum atomic E-state index is -0.156. The lowest BCUT2D eigenvalue weighted by atomic mass is 10.2. The van der Waals surface area contributed by atoms with Gasteiger partial charge in [0.1, 0.15) is 0 Å². The van der Waals surface area contributed by atoms with Crippen molar-refractivity contribution < 1.29 is 9.53 Å². The van der Waals surface area contributed by atoms with Crippen LogP contribution in [0.2, 0.25) is 0 Å². The Labute approximate surface area is 120 Å². The Morgan fingerprint density at radius 3 is 2.42 bits per heavy atom. The summed E-state index contributed by atoms with van der Waals surface area (Å²) in [5, 5.41) is 0. The number of ether oxygens (including phenoxy) is 1. The fraction of sp³-hybridized carbons (Fsp3) is 0.533. The Morgan fingerprint density at radius 2 is 1.95 bits per heavy atom. The molecule has 0 fully saturated rings. The number of esters is 1. The average molecular weight is 281 g/mol. The Balaban J connectivity index is 2.64. The maximum atomic E-state index is 11.6. The molecule has 1 aromatic rings. The lowest BCUT2D eigenvalue weighted by molar-refractivity contribution is -0.145. The minimum absolute atomic E-state index is 0.156. The number of benzene rings is 1. The summed E-state index contributed by atoms with van der Waals surface area (Å²) in [6.07, 6.45) is 2.07. The molecule has 0 aliphatic carbocycles. The van der Waals surface area contributed by atoms with Crippen molar-refractivity contribution in [2.24, 2.45) is 0 Å². The Bertz CT molecular complexity index is 390. The van der Waals surface area contributed by atoms with Gasteiger partial charge in [-0.05, 0) is 44.7 Å². The lowest BCUT2D eigenvalue weighted by Gasteiger charge is -2.25. The van der Waals surface area contributed by atoms with Crippen molar-refractivity contribution in [2.45, 2.75) is 38.3 Å². The molecule has 0 aliphatic rings. The van der Waals surface area contributed by atoms with E-state index in [1.54, 1.807) is 11.8 Å². The van der Waals surface area contributed by atoms with Gasteiger partial charge in [0, 0.05) is 17.5 Å². The first kappa shape index (κ1) is 16.1. The fourth-order valence-electron chi connectivity index (χ4n) is 1.76. The first-order valence-corrected chi connectivity index (χ1v) is 7.81. The summed E-state index contributed by atoms with van der Waals surface area (Å²) in [7, 11) is 0. The first-order valence-electron chi connectivity index (χ1n) is 6.59. The summed E-state index contributed by atoms with van der Waals surface area (Å²) >= 11 is 1.73. The van der Waals surface area contributed by atoms with Crippen LogP contribution < -0.4 is 0 Å². The number of carbonyl (C=O) groups is 1. The second-order valence-corrected chi connectivity index (χ2v) is 5.53. The number of hydrogen-bond acceptors (Lipinski definition) is 4. The molecule has 0 saturated heterocycles. The summed E-state index contributed by atoms with van der Waals surface area (Å²) in [6.45, 7) is 7.57. The second kappa shape index (κ2) is 8.23. The number of carbonyl (C=O) groups excluding carboxylic acids is 1. The molecule has 19 heavy (non-hydrogen) atoms. The molecule has 0 amide bonds. The second-order valence-electron chi connectivity index (χ2n) is 4.65. The highest BCUT2D eigenvalue weighted by Gasteiger charge is 2.15. The predicted molar refractivity (Wildman–Crippen MR) is 80.4 cm³/mol. The number of thioether (sulfide) groups is 1. The molecule has 4 heteroatoms. The van der Waals surface area contributed by atoms with Gasteiger partial charge < -0.3 is 4.74 Å². The van der Waals surface area contributed by atoms with E-state index in [4.69, 9.17) is 4.74 Å². The molecule has 0 atom stereocenters. The van der Waals surface area contributed by atoms with Crippen molar-refractivity contribution in [2.75, 3.05) is 19.4 Å². The molecule has 0 N–H and O–H groups in total. The van der Waals surface area contributed by atoms with Crippen molar-refractivity contribution in [1.82, 2.24) is 4.90 Å². The van der Waals surface area contributed by atoms with E-state index in [1.165, 1.54) is 10.5 Å². The zero-order chi connectivity index (χ0) is 14.3. The van der Waals surface area contributed by atoms with Gasteiger partial charge in [-0.3, -0.25) is 9.69 Å². The van der Waals surface area contributed by atoms with Crippen LogP contribution in [0.3, 0.4) is 0 Å². The zero-order valence-corrected chi connectivity index (χ0v) is 13.0. The largest absolute Gasteiger partial charge is 0.465 e. The normalized spacial score (nSPS) is 11.1. The molecule has 0 aliphatic heterocycles. The van der Waals surface area contributed by atoms with E-state index in [0.29, 0.717) is 19.2 Å². The molecule has 0 heterocycles. The maximum absolute atomic E-state index is 11.6. The third-order valence-corrected chi connectivity index (χ3v) is 3.66. The van der Waals surface area contributed by atoms with Gasteiger partial charge >= 0.3 is 5.97 Å². The van der Waals surface area contributed by atoms with Crippen LogP contribution in [0.5, 0.6) is 0 Å². The standard InChI is InChI=1S/C15H23NO2S/c1-5-18-15(17)11-16(12(2)3)10-13-6-8-14(19-4)9-7-13/h6-9,12H,5,10-11H2,1-4H3. The molecule has 0 aromatic heterocycles. The van der Waals surface area contributed by atoms with Crippen molar-refractivity contribution in [3.63, 3.8) is 0 Å². The molecule has 1 rings (SSSR count). The van der Waals surface area contributed by atoms with Gasteiger partial charge in [-0.15, -0.1) is 11.8 Å². The van der Waals surface area contributed by atoms with Crippen molar-refractivity contribution >= 4 is 17.7 Å². The molecule has 0 bridgehead atoms.